The van der Waals surface area contributed by atoms with Crippen LogP contribution in [0, 0.1) is 5.41 Å². The molecule has 0 bridgehead atoms. The smallest absolute Gasteiger partial charge is 0.00667 e. The zero-order valence-corrected chi connectivity index (χ0v) is 10.0. The van der Waals surface area contributed by atoms with Gasteiger partial charge in [-0.05, 0) is 46.0 Å². The van der Waals surface area contributed by atoms with Crippen LogP contribution in [0.4, 0.5) is 0 Å². The third-order valence-corrected chi connectivity index (χ3v) is 4.39. The van der Waals surface area contributed by atoms with Gasteiger partial charge in [-0.25, -0.2) is 0 Å². The molecule has 0 fully saturated rings. The Morgan fingerprint density at radius 2 is 1.64 bits per heavy atom. The van der Waals surface area contributed by atoms with E-state index >= 15 is 0 Å². The summed E-state index contributed by atoms with van der Waals surface area (Å²) in [6.45, 7) is 9.46. The summed E-state index contributed by atoms with van der Waals surface area (Å²) in [5.41, 5.74) is 7.14. The molecule has 0 saturated heterocycles. The SMILES string of the molecule is CC1=C(C)C(C)(C)C2=C(CCCC2)C1. The van der Waals surface area contributed by atoms with Gasteiger partial charge in [-0.3, -0.25) is 0 Å². The lowest BCUT2D eigenvalue weighted by atomic mass is 9.65. The Hall–Kier alpha value is -0.520. The summed E-state index contributed by atoms with van der Waals surface area (Å²) in [6.07, 6.45) is 6.82. The van der Waals surface area contributed by atoms with E-state index in [1.54, 1.807) is 22.3 Å². The zero-order valence-electron chi connectivity index (χ0n) is 10.0. The van der Waals surface area contributed by atoms with Crippen molar-refractivity contribution in [1.29, 1.82) is 0 Å². The first-order chi connectivity index (χ1) is 6.53. The Kier molecular flexibility index (Phi) is 2.33. The van der Waals surface area contributed by atoms with Gasteiger partial charge in [0, 0.05) is 5.41 Å². The van der Waals surface area contributed by atoms with Crippen molar-refractivity contribution in [3.05, 3.63) is 22.3 Å². The number of hydrogen-bond donors (Lipinski definition) is 0. The second-order valence-electron chi connectivity index (χ2n) is 5.50. The molecule has 0 saturated carbocycles. The summed E-state index contributed by atoms with van der Waals surface area (Å²) in [6, 6.07) is 0. The van der Waals surface area contributed by atoms with Gasteiger partial charge in [0.1, 0.15) is 0 Å². The average molecular weight is 190 g/mol. The van der Waals surface area contributed by atoms with Crippen molar-refractivity contribution in [1.82, 2.24) is 0 Å². The minimum Gasteiger partial charge on any atom is -0.0695 e. The largest absolute Gasteiger partial charge is 0.0695 e. The second kappa shape index (κ2) is 3.25. The fourth-order valence-corrected chi connectivity index (χ4v) is 3.13. The third kappa shape index (κ3) is 1.36. The average Bonchev–Trinajstić information content (AvgIpc) is 2.15. The van der Waals surface area contributed by atoms with Gasteiger partial charge in [-0.2, -0.15) is 0 Å². The standard InChI is InChI=1S/C14H22/c1-10-9-12-7-5-6-8-13(12)14(3,4)11(10)2/h5-9H2,1-4H3. The summed E-state index contributed by atoms with van der Waals surface area (Å²) in [5.74, 6) is 0. The predicted molar refractivity (Wildman–Crippen MR) is 62.3 cm³/mol. The van der Waals surface area contributed by atoms with E-state index in [2.05, 4.69) is 27.7 Å². The molecule has 0 heterocycles. The molecular formula is C14H22. The van der Waals surface area contributed by atoms with Crippen LogP contribution in [0.25, 0.3) is 0 Å². The number of allylic oxidation sites excluding steroid dienone is 4. The topological polar surface area (TPSA) is 0 Å². The van der Waals surface area contributed by atoms with Crippen LogP contribution in [0.5, 0.6) is 0 Å². The number of hydrogen-bond acceptors (Lipinski definition) is 0. The molecule has 2 rings (SSSR count). The maximum Gasteiger partial charge on any atom is 0.00667 e. The molecule has 0 unspecified atom stereocenters. The van der Waals surface area contributed by atoms with Crippen LogP contribution >= 0.6 is 0 Å². The summed E-state index contributed by atoms with van der Waals surface area (Å²) >= 11 is 0. The highest BCUT2D eigenvalue weighted by Crippen LogP contribution is 2.48. The van der Waals surface area contributed by atoms with E-state index in [1.807, 2.05) is 0 Å². The molecule has 0 aliphatic heterocycles. The summed E-state index contributed by atoms with van der Waals surface area (Å²) < 4.78 is 0. The Balaban J connectivity index is 2.43. The molecule has 0 heteroatoms. The van der Waals surface area contributed by atoms with Gasteiger partial charge in [0.15, 0.2) is 0 Å². The van der Waals surface area contributed by atoms with Gasteiger partial charge in [-0.1, -0.05) is 36.1 Å². The van der Waals surface area contributed by atoms with Crippen molar-refractivity contribution >= 4 is 0 Å². The van der Waals surface area contributed by atoms with Gasteiger partial charge < -0.3 is 0 Å². The minimum atomic E-state index is 0.359. The highest BCUT2D eigenvalue weighted by Gasteiger charge is 2.33. The van der Waals surface area contributed by atoms with E-state index in [1.165, 1.54) is 32.1 Å². The fourth-order valence-electron chi connectivity index (χ4n) is 3.13. The molecule has 0 spiro atoms. The fraction of sp³-hybridized carbons (Fsp3) is 0.714. The molecule has 0 aromatic heterocycles. The molecule has 0 aromatic rings. The van der Waals surface area contributed by atoms with Crippen LogP contribution in [-0.4, -0.2) is 0 Å². The van der Waals surface area contributed by atoms with E-state index in [0.29, 0.717) is 5.41 Å². The lowest BCUT2D eigenvalue weighted by molar-refractivity contribution is 0.453. The third-order valence-electron chi connectivity index (χ3n) is 4.39. The summed E-state index contributed by atoms with van der Waals surface area (Å²) in [4.78, 5) is 0. The molecular weight excluding hydrogens is 168 g/mol. The van der Waals surface area contributed by atoms with E-state index < -0.39 is 0 Å². The first-order valence-electron chi connectivity index (χ1n) is 5.91. The molecule has 78 valence electrons. The predicted octanol–water partition coefficient (Wildman–Crippen LogP) is 4.62. The van der Waals surface area contributed by atoms with Gasteiger partial charge in [-0.15, -0.1) is 0 Å². The van der Waals surface area contributed by atoms with Crippen LogP contribution in [0.2, 0.25) is 0 Å². The van der Waals surface area contributed by atoms with Crippen molar-refractivity contribution in [3.63, 3.8) is 0 Å². The van der Waals surface area contributed by atoms with Crippen LogP contribution in [0.1, 0.15) is 59.8 Å². The Bertz CT molecular complexity index is 313. The molecule has 0 nitrogen and oxygen atoms in total. The Labute approximate surface area is 88.1 Å². The quantitative estimate of drug-likeness (QED) is 0.489. The van der Waals surface area contributed by atoms with Crippen LogP contribution in [-0.2, 0) is 0 Å². The Morgan fingerprint density at radius 3 is 2.36 bits per heavy atom. The second-order valence-corrected chi connectivity index (χ2v) is 5.50. The lowest BCUT2D eigenvalue weighted by Gasteiger charge is -2.40. The molecule has 14 heavy (non-hydrogen) atoms. The minimum absolute atomic E-state index is 0.359. The first-order valence-corrected chi connectivity index (χ1v) is 5.91. The van der Waals surface area contributed by atoms with Gasteiger partial charge >= 0.3 is 0 Å². The highest BCUT2D eigenvalue weighted by molar-refractivity contribution is 5.40. The van der Waals surface area contributed by atoms with E-state index in [9.17, 15) is 0 Å². The molecule has 2 aliphatic carbocycles. The van der Waals surface area contributed by atoms with E-state index in [0.717, 1.165) is 0 Å². The maximum atomic E-state index is 2.41. The highest BCUT2D eigenvalue weighted by atomic mass is 14.4. The maximum absolute atomic E-state index is 2.41. The van der Waals surface area contributed by atoms with Crippen molar-refractivity contribution in [2.75, 3.05) is 0 Å². The molecule has 0 amide bonds. The molecule has 0 N–H and O–H groups in total. The van der Waals surface area contributed by atoms with Crippen LogP contribution in [0.15, 0.2) is 22.3 Å². The normalized spacial score (nSPS) is 26.6. The van der Waals surface area contributed by atoms with E-state index in [-0.39, 0.29) is 0 Å². The summed E-state index contributed by atoms with van der Waals surface area (Å²) in [7, 11) is 0. The van der Waals surface area contributed by atoms with Crippen LogP contribution in [0.3, 0.4) is 0 Å². The van der Waals surface area contributed by atoms with Crippen molar-refractivity contribution in [3.8, 4) is 0 Å². The monoisotopic (exact) mass is 190 g/mol. The summed E-state index contributed by atoms with van der Waals surface area (Å²) in [5, 5.41) is 0. The molecule has 2 aliphatic rings. The number of rotatable bonds is 0. The zero-order chi connectivity index (χ0) is 10.3. The lowest BCUT2D eigenvalue weighted by Crippen LogP contribution is -2.25. The molecule has 0 radical (unpaired) electrons. The van der Waals surface area contributed by atoms with Crippen molar-refractivity contribution in [2.45, 2.75) is 59.8 Å². The van der Waals surface area contributed by atoms with Gasteiger partial charge in [0.25, 0.3) is 0 Å². The van der Waals surface area contributed by atoms with Gasteiger partial charge in [0.2, 0.25) is 0 Å². The van der Waals surface area contributed by atoms with Crippen LogP contribution < -0.4 is 0 Å². The van der Waals surface area contributed by atoms with E-state index in [4.69, 9.17) is 0 Å². The van der Waals surface area contributed by atoms with Crippen molar-refractivity contribution in [2.24, 2.45) is 5.41 Å². The first kappa shape index (κ1) is 10.0. The molecule has 0 aromatic carbocycles. The van der Waals surface area contributed by atoms with Gasteiger partial charge in [0.05, 0.1) is 0 Å². The molecule has 0 atom stereocenters. The Morgan fingerprint density at radius 1 is 1.00 bits per heavy atom. The van der Waals surface area contributed by atoms with Crippen molar-refractivity contribution < 1.29 is 0 Å².